The number of fused-ring (bicyclic) bond motifs is 5. The molecule has 3 saturated carbocycles. The molecule has 3 fully saturated rings. The molecule has 4 aliphatic carbocycles. The fourth-order valence-corrected chi connectivity index (χ4v) is 6.92. The molecule has 5 nitrogen and oxygen atoms in total. The molecule has 0 bridgehead atoms. The summed E-state index contributed by atoms with van der Waals surface area (Å²) in [5.41, 5.74) is 0.323. The minimum absolute atomic E-state index is 0.0666. The lowest BCUT2D eigenvalue weighted by Gasteiger charge is -2.59. The molecule has 0 spiro atoms. The number of ether oxygens (including phenoxy) is 1. The highest BCUT2D eigenvalue weighted by Crippen LogP contribution is 2.65. The summed E-state index contributed by atoms with van der Waals surface area (Å²) in [6.07, 6.45) is 4.91. The molecule has 0 amide bonds. The van der Waals surface area contributed by atoms with Crippen molar-refractivity contribution in [3.8, 4) is 0 Å². The summed E-state index contributed by atoms with van der Waals surface area (Å²) < 4.78 is 5.11. The van der Waals surface area contributed by atoms with E-state index in [9.17, 15) is 19.8 Å². The molecule has 5 heteroatoms. The fourth-order valence-electron chi connectivity index (χ4n) is 6.92. The van der Waals surface area contributed by atoms with E-state index in [4.69, 9.17) is 4.74 Å². The number of carbonyl (C=O) groups excluding carboxylic acids is 2. The number of carbonyl (C=O) groups is 2. The van der Waals surface area contributed by atoms with Gasteiger partial charge < -0.3 is 14.9 Å². The van der Waals surface area contributed by atoms with Crippen LogP contribution < -0.4 is 0 Å². The summed E-state index contributed by atoms with van der Waals surface area (Å²) in [7, 11) is 1.40. The summed E-state index contributed by atoms with van der Waals surface area (Å²) >= 11 is 0. The summed E-state index contributed by atoms with van der Waals surface area (Å²) in [6.45, 7) is 4.16. The molecule has 26 heavy (non-hydrogen) atoms. The van der Waals surface area contributed by atoms with Crippen molar-refractivity contribution in [3.05, 3.63) is 11.6 Å². The van der Waals surface area contributed by atoms with Crippen LogP contribution in [0.5, 0.6) is 0 Å². The van der Waals surface area contributed by atoms with Crippen LogP contribution in [0, 0.1) is 34.5 Å². The summed E-state index contributed by atoms with van der Waals surface area (Å²) in [5.74, 6) is -0.541. The van der Waals surface area contributed by atoms with E-state index in [1.54, 1.807) is 0 Å². The van der Waals surface area contributed by atoms with E-state index < -0.39 is 17.4 Å². The zero-order valence-corrected chi connectivity index (χ0v) is 15.9. The largest absolute Gasteiger partial charge is 0.469 e. The van der Waals surface area contributed by atoms with Gasteiger partial charge in [0.2, 0.25) is 0 Å². The van der Waals surface area contributed by atoms with Crippen molar-refractivity contribution in [1.82, 2.24) is 0 Å². The van der Waals surface area contributed by atoms with E-state index in [0.717, 1.165) is 18.4 Å². The molecule has 0 saturated heterocycles. The third-order valence-electron chi connectivity index (χ3n) is 8.26. The van der Waals surface area contributed by atoms with Crippen LogP contribution in [-0.4, -0.2) is 41.3 Å². The number of ketones is 1. The lowest BCUT2D eigenvalue weighted by atomic mass is 9.45. The Kier molecular flexibility index (Phi) is 4.12. The molecule has 0 aliphatic heterocycles. The number of hydrogen-bond donors (Lipinski definition) is 2. The second kappa shape index (κ2) is 5.90. The van der Waals surface area contributed by atoms with Crippen molar-refractivity contribution in [1.29, 1.82) is 0 Å². The maximum Gasteiger partial charge on any atom is 0.312 e. The van der Waals surface area contributed by atoms with Crippen molar-refractivity contribution in [2.75, 3.05) is 7.11 Å². The minimum Gasteiger partial charge on any atom is -0.469 e. The number of rotatable bonds is 1. The number of esters is 1. The highest BCUT2D eigenvalue weighted by Gasteiger charge is 2.64. The summed E-state index contributed by atoms with van der Waals surface area (Å²) in [4.78, 5) is 25.3. The van der Waals surface area contributed by atoms with Gasteiger partial charge in [-0.1, -0.05) is 25.5 Å². The fraction of sp³-hybridized carbons (Fsp3) is 0.810. The lowest BCUT2D eigenvalue weighted by Crippen LogP contribution is -2.59. The molecule has 0 aromatic heterocycles. The SMILES string of the molecule is COC(=O)[C@@H]1C=C2CC(O)CCC2(C)C2C1C1CCC(=O)C1(C)C[C@H]2O. The Bertz CT molecular complexity index is 669. The number of aliphatic hydroxyl groups excluding tert-OH is 2. The van der Waals surface area contributed by atoms with Crippen LogP contribution in [0.1, 0.15) is 52.4 Å². The van der Waals surface area contributed by atoms with Crippen molar-refractivity contribution in [3.63, 3.8) is 0 Å². The van der Waals surface area contributed by atoms with Crippen molar-refractivity contribution < 1.29 is 24.5 Å². The van der Waals surface area contributed by atoms with Gasteiger partial charge in [-0.25, -0.2) is 0 Å². The second-order valence-corrected chi connectivity index (χ2v) is 9.42. The van der Waals surface area contributed by atoms with Crippen LogP contribution in [0.3, 0.4) is 0 Å². The average Bonchev–Trinajstić information content (AvgIpc) is 2.88. The van der Waals surface area contributed by atoms with Crippen molar-refractivity contribution in [2.45, 2.75) is 64.6 Å². The predicted molar refractivity (Wildman–Crippen MR) is 95.0 cm³/mol. The molecule has 0 heterocycles. The Hall–Kier alpha value is -1.20. The van der Waals surface area contributed by atoms with Gasteiger partial charge in [0.15, 0.2) is 0 Å². The lowest BCUT2D eigenvalue weighted by molar-refractivity contribution is -0.166. The maximum atomic E-state index is 12.7. The highest BCUT2D eigenvalue weighted by molar-refractivity contribution is 5.87. The van der Waals surface area contributed by atoms with Crippen LogP contribution in [0.15, 0.2) is 11.6 Å². The Labute approximate surface area is 154 Å². The molecule has 144 valence electrons. The van der Waals surface area contributed by atoms with E-state index >= 15 is 0 Å². The zero-order chi connectivity index (χ0) is 18.9. The van der Waals surface area contributed by atoms with Gasteiger partial charge in [-0.3, -0.25) is 9.59 Å². The predicted octanol–water partition coefficient (Wildman–Crippen LogP) is 2.25. The highest BCUT2D eigenvalue weighted by atomic mass is 16.5. The number of methoxy groups -OCH3 is 1. The molecule has 8 atom stereocenters. The molecule has 0 aromatic rings. The van der Waals surface area contributed by atoms with Gasteiger partial charge in [0.1, 0.15) is 5.78 Å². The molecular formula is C21H30O5. The van der Waals surface area contributed by atoms with Gasteiger partial charge in [-0.2, -0.15) is 0 Å². The topological polar surface area (TPSA) is 83.8 Å². The van der Waals surface area contributed by atoms with Crippen LogP contribution in [0.4, 0.5) is 0 Å². The van der Waals surface area contributed by atoms with Crippen LogP contribution in [0.2, 0.25) is 0 Å². The molecule has 4 rings (SSSR count). The van der Waals surface area contributed by atoms with Gasteiger partial charge in [0, 0.05) is 11.8 Å². The maximum absolute atomic E-state index is 12.7. The summed E-state index contributed by atoms with van der Waals surface area (Å²) in [6, 6.07) is 0. The summed E-state index contributed by atoms with van der Waals surface area (Å²) in [5, 5.41) is 21.4. The van der Waals surface area contributed by atoms with Gasteiger partial charge >= 0.3 is 5.97 Å². The molecular weight excluding hydrogens is 332 g/mol. The third kappa shape index (κ3) is 2.29. The van der Waals surface area contributed by atoms with E-state index in [2.05, 4.69) is 6.92 Å². The Morgan fingerprint density at radius 1 is 1.23 bits per heavy atom. The first-order valence-electron chi connectivity index (χ1n) is 9.91. The Morgan fingerprint density at radius 3 is 2.65 bits per heavy atom. The first kappa shape index (κ1) is 18.2. The average molecular weight is 362 g/mol. The Balaban J connectivity index is 1.85. The minimum atomic E-state index is -0.612. The van der Waals surface area contributed by atoms with E-state index in [0.29, 0.717) is 25.7 Å². The number of hydrogen-bond acceptors (Lipinski definition) is 5. The molecule has 2 N–H and O–H groups in total. The molecule has 0 radical (unpaired) electrons. The number of Topliss-reactive ketones (excluding diaryl/α,β-unsaturated/α-hetero) is 1. The zero-order valence-electron chi connectivity index (χ0n) is 15.9. The van der Waals surface area contributed by atoms with Crippen molar-refractivity contribution in [2.24, 2.45) is 34.5 Å². The van der Waals surface area contributed by atoms with E-state index in [1.165, 1.54) is 7.11 Å². The number of aliphatic hydroxyl groups is 2. The second-order valence-electron chi connectivity index (χ2n) is 9.42. The molecule has 4 aliphatic rings. The third-order valence-corrected chi connectivity index (χ3v) is 8.26. The quantitative estimate of drug-likeness (QED) is 0.552. The van der Waals surface area contributed by atoms with Gasteiger partial charge in [0.25, 0.3) is 0 Å². The standard InChI is InChI=1S/C21H30O5/c1-20-7-6-12(22)8-11(20)9-13(19(25)26-3)17-14-4-5-16(24)21(14,2)10-15(23)18(17)20/h9,12-15,17-18,22-23H,4-8,10H2,1-3H3/t12?,13-,14?,15-,17?,18?,20?,21?/m1/s1. The van der Waals surface area contributed by atoms with Gasteiger partial charge in [0.05, 0.1) is 25.2 Å². The van der Waals surface area contributed by atoms with Crippen LogP contribution in [0.25, 0.3) is 0 Å². The van der Waals surface area contributed by atoms with E-state index in [-0.39, 0.29) is 41.0 Å². The monoisotopic (exact) mass is 362 g/mol. The van der Waals surface area contributed by atoms with Crippen molar-refractivity contribution >= 4 is 11.8 Å². The smallest absolute Gasteiger partial charge is 0.312 e. The van der Waals surface area contributed by atoms with Crippen LogP contribution in [-0.2, 0) is 14.3 Å². The first-order chi connectivity index (χ1) is 12.2. The van der Waals surface area contributed by atoms with Gasteiger partial charge in [-0.05, 0) is 55.3 Å². The van der Waals surface area contributed by atoms with Gasteiger partial charge in [-0.15, -0.1) is 0 Å². The Morgan fingerprint density at radius 2 is 1.96 bits per heavy atom. The first-order valence-corrected chi connectivity index (χ1v) is 9.91. The van der Waals surface area contributed by atoms with Crippen LogP contribution >= 0.6 is 0 Å². The molecule has 6 unspecified atom stereocenters. The van der Waals surface area contributed by atoms with E-state index in [1.807, 2.05) is 13.0 Å². The normalized spacial score (nSPS) is 50.3. The molecule has 0 aromatic carbocycles.